The van der Waals surface area contributed by atoms with E-state index in [1.54, 1.807) is 12.1 Å². The molecular weight excluding hydrogens is 378 g/mol. The van der Waals surface area contributed by atoms with E-state index >= 15 is 0 Å². The molecule has 148 valence electrons. The predicted molar refractivity (Wildman–Crippen MR) is 112 cm³/mol. The summed E-state index contributed by atoms with van der Waals surface area (Å²) < 4.78 is 5.19. The molecule has 0 saturated heterocycles. The van der Waals surface area contributed by atoms with E-state index < -0.39 is 11.4 Å². The Morgan fingerprint density at radius 1 is 1.21 bits per heavy atom. The Labute approximate surface area is 169 Å². The third kappa shape index (κ3) is 5.76. The van der Waals surface area contributed by atoms with E-state index in [9.17, 15) is 9.59 Å². The molecule has 28 heavy (non-hydrogen) atoms. The summed E-state index contributed by atoms with van der Waals surface area (Å²) in [5.41, 5.74) is 7.85. The van der Waals surface area contributed by atoms with Gasteiger partial charge in [-0.2, -0.15) is 0 Å². The van der Waals surface area contributed by atoms with E-state index in [0.717, 1.165) is 16.7 Å². The van der Waals surface area contributed by atoms with Gasteiger partial charge in [0.15, 0.2) is 6.61 Å². The van der Waals surface area contributed by atoms with E-state index in [2.05, 4.69) is 17.2 Å². The maximum absolute atomic E-state index is 12.5. The largest absolute Gasteiger partial charge is 0.482 e. The quantitative estimate of drug-likeness (QED) is 0.645. The first-order chi connectivity index (χ1) is 13.1. The smallest absolute Gasteiger partial charge is 0.319 e. The van der Waals surface area contributed by atoms with Crippen molar-refractivity contribution < 1.29 is 14.3 Å². The van der Waals surface area contributed by atoms with E-state index in [1.165, 1.54) is 6.07 Å². The molecule has 0 radical (unpaired) electrons. The van der Waals surface area contributed by atoms with Crippen LogP contribution in [0.2, 0.25) is 5.02 Å². The fourth-order valence-electron chi connectivity index (χ4n) is 2.54. The summed E-state index contributed by atoms with van der Waals surface area (Å²) in [5.74, 6) is -0.293. The maximum atomic E-state index is 12.5. The first-order valence-corrected chi connectivity index (χ1v) is 9.02. The highest BCUT2D eigenvalue weighted by molar-refractivity contribution is 6.32. The molecular formula is C21H24ClN3O3. The summed E-state index contributed by atoms with van der Waals surface area (Å²) in [6.45, 7) is 9.45. The minimum atomic E-state index is -0.607. The van der Waals surface area contributed by atoms with Crippen molar-refractivity contribution >= 4 is 34.8 Å². The summed E-state index contributed by atoms with van der Waals surface area (Å²) in [4.78, 5) is 23.2. The third-order valence-electron chi connectivity index (χ3n) is 4.06. The average molecular weight is 402 g/mol. The zero-order valence-corrected chi connectivity index (χ0v) is 16.9. The molecule has 0 atom stereocenters. The minimum absolute atomic E-state index is 0.257. The monoisotopic (exact) mass is 401 g/mol. The van der Waals surface area contributed by atoms with Gasteiger partial charge in [-0.25, -0.2) is 4.79 Å². The average Bonchev–Trinajstić information content (AvgIpc) is 2.60. The van der Waals surface area contributed by atoms with Crippen LogP contribution in [-0.4, -0.2) is 18.5 Å². The van der Waals surface area contributed by atoms with Crippen molar-refractivity contribution in [1.82, 2.24) is 5.32 Å². The molecule has 0 heterocycles. The Bertz CT molecular complexity index is 910. The van der Waals surface area contributed by atoms with Gasteiger partial charge in [-0.3, -0.25) is 4.79 Å². The minimum Gasteiger partial charge on any atom is -0.482 e. The van der Waals surface area contributed by atoms with Crippen LogP contribution in [0.3, 0.4) is 0 Å². The number of primary amides is 1. The third-order valence-corrected chi connectivity index (χ3v) is 4.36. The number of nitrogens with one attached hydrogen (secondary N) is 2. The molecule has 7 heteroatoms. The number of ether oxygens (including phenoxy) is 1. The van der Waals surface area contributed by atoms with Gasteiger partial charge >= 0.3 is 6.03 Å². The topological polar surface area (TPSA) is 93.4 Å². The molecule has 6 nitrogen and oxygen atoms in total. The Balaban J connectivity index is 2.06. The van der Waals surface area contributed by atoms with E-state index in [1.807, 2.05) is 45.0 Å². The van der Waals surface area contributed by atoms with Crippen molar-refractivity contribution in [3.63, 3.8) is 0 Å². The van der Waals surface area contributed by atoms with Crippen LogP contribution in [0.5, 0.6) is 5.75 Å². The van der Waals surface area contributed by atoms with Crippen molar-refractivity contribution in [2.45, 2.75) is 26.3 Å². The van der Waals surface area contributed by atoms with E-state index in [0.29, 0.717) is 11.4 Å². The molecule has 0 bridgehead atoms. The molecule has 0 aliphatic carbocycles. The molecule has 0 aliphatic heterocycles. The Kier molecular flexibility index (Phi) is 6.70. The zero-order chi connectivity index (χ0) is 20.9. The van der Waals surface area contributed by atoms with Crippen molar-refractivity contribution in [3.05, 3.63) is 65.2 Å². The number of carbonyl (C=O) groups is 2. The van der Waals surface area contributed by atoms with Gasteiger partial charge in [0, 0.05) is 5.69 Å². The van der Waals surface area contributed by atoms with E-state index in [4.69, 9.17) is 22.1 Å². The lowest BCUT2D eigenvalue weighted by Gasteiger charge is -2.27. The number of rotatable bonds is 7. The van der Waals surface area contributed by atoms with Gasteiger partial charge < -0.3 is 21.1 Å². The molecule has 0 aromatic heterocycles. The lowest BCUT2D eigenvalue weighted by Crippen LogP contribution is -2.43. The van der Waals surface area contributed by atoms with Crippen LogP contribution in [0.4, 0.5) is 10.5 Å². The zero-order valence-electron chi connectivity index (χ0n) is 16.1. The lowest BCUT2D eigenvalue weighted by molar-refractivity contribution is -0.119. The number of benzene rings is 2. The van der Waals surface area contributed by atoms with Gasteiger partial charge in [0.2, 0.25) is 0 Å². The summed E-state index contributed by atoms with van der Waals surface area (Å²) in [7, 11) is 0. The Morgan fingerprint density at radius 2 is 1.93 bits per heavy atom. The highest BCUT2D eigenvalue weighted by Gasteiger charge is 2.23. The molecule has 4 N–H and O–H groups in total. The second-order valence-corrected chi connectivity index (χ2v) is 7.37. The first-order valence-electron chi connectivity index (χ1n) is 8.65. The fourth-order valence-corrected chi connectivity index (χ4v) is 2.77. The van der Waals surface area contributed by atoms with Gasteiger partial charge in [-0.15, -0.1) is 0 Å². The molecule has 3 amide bonds. The molecule has 2 rings (SSSR count). The van der Waals surface area contributed by atoms with Crippen LogP contribution in [-0.2, 0) is 10.3 Å². The van der Waals surface area contributed by atoms with Gasteiger partial charge in [-0.05, 0) is 56.2 Å². The van der Waals surface area contributed by atoms with Crippen molar-refractivity contribution in [2.75, 3.05) is 11.9 Å². The predicted octanol–water partition coefficient (Wildman–Crippen LogP) is 4.29. The number of anilines is 1. The maximum Gasteiger partial charge on any atom is 0.319 e. The molecule has 0 spiro atoms. The van der Waals surface area contributed by atoms with Gasteiger partial charge in [0.1, 0.15) is 5.75 Å². The number of hydrogen-bond acceptors (Lipinski definition) is 3. The number of allylic oxidation sites excluding steroid dienone is 1. The van der Waals surface area contributed by atoms with Crippen LogP contribution in [0.1, 0.15) is 31.9 Å². The van der Waals surface area contributed by atoms with Gasteiger partial charge in [0.25, 0.3) is 5.91 Å². The Morgan fingerprint density at radius 3 is 2.54 bits per heavy atom. The molecule has 2 aromatic carbocycles. The van der Waals surface area contributed by atoms with Crippen LogP contribution in [0.15, 0.2) is 49.0 Å². The van der Waals surface area contributed by atoms with Gasteiger partial charge in [0.05, 0.1) is 10.6 Å². The highest BCUT2D eigenvalue weighted by Crippen LogP contribution is 2.28. The summed E-state index contributed by atoms with van der Waals surface area (Å²) in [6, 6.07) is 12.2. The van der Waals surface area contributed by atoms with Crippen molar-refractivity contribution in [1.29, 1.82) is 0 Å². The fraction of sp³-hybridized carbons (Fsp3) is 0.238. The molecule has 0 fully saturated rings. The van der Waals surface area contributed by atoms with Gasteiger partial charge in [-0.1, -0.05) is 42.0 Å². The lowest BCUT2D eigenvalue weighted by atomic mass is 9.92. The van der Waals surface area contributed by atoms with Crippen LogP contribution >= 0.6 is 11.6 Å². The SMILES string of the molecule is C=C(C)c1cccc(C(C)(C)NC(=O)Nc2ccc(OCC(N)=O)c(Cl)c2)c1. The van der Waals surface area contributed by atoms with Crippen LogP contribution < -0.4 is 21.1 Å². The number of amides is 3. The number of hydrogen-bond donors (Lipinski definition) is 3. The molecule has 0 saturated carbocycles. The number of nitrogens with two attached hydrogens (primary N) is 1. The summed E-state index contributed by atoms with van der Waals surface area (Å²) in [6.07, 6.45) is 0. The van der Waals surface area contributed by atoms with Crippen LogP contribution in [0.25, 0.3) is 5.57 Å². The van der Waals surface area contributed by atoms with Crippen molar-refractivity contribution in [2.24, 2.45) is 5.73 Å². The summed E-state index contributed by atoms with van der Waals surface area (Å²) >= 11 is 6.12. The molecule has 2 aromatic rings. The number of urea groups is 1. The first kappa shape index (κ1) is 21.3. The highest BCUT2D eigenvalue weighted by atomic mass is 35.5. The van der Waals surface area contributed by atoms with Crippen molar-refractivity contribution in [3.8, 4) is 5.75 Å². The number of halogens is 1. The normalized spacial score (nSPS) is 10.9. The number of carbonyl (C=O) groups excluding carboxylic acids is 2. The standard InChI is InChI=1S/C21H24ClN3O3/c1-13(2)14-6-5-7-15(10-14)21(3,4)25-20(27)24-16-8-9-18(17(22)11-16)28-12-19(23)26/h5-11H,1,12H2,2-4H3,(H2,23,26)(H2,24,25,27). The second kappa shape index (κ2) is 8.80. The summed E-state index contributed by atoms with van der Waals surface area (Å²) in [5, 5.41) is 5.94. The van der Waals surface area contributed by atoms with E-state index in [-0.39, 0.29) is 17.7 Å². The molecule has 0 aliphatic rings. The second-order valence-electron chi connectivity index (χ2n) is 6.97. The van der Waals surface area contributed by atoms with Crippen LogP contribution in [0, 0.1) is 0 Å². The Hall–Kier alpha value is -2.99. The molecule has 0 unspecified atom stereocenters.